The van der Waals surface area contributed by atoms with E-state index in [4.69, 9.17) is 11.5 Å². The molecule has 0 fully saturated rings. The van der Waals surface area contributed by atoms with Gasteiger partial charge in [0, 0.05) is 6.54 Å². The van der Waals surface area contributed by atoms with E-state index in [-0.39, 0.29) is 5.96 Å². The molecule has 3 nitrogen and oxygen atoms in total. The third-order valence-corrected chi connectivity index (χ3v) is 1.59. The Labute approximate surface area is 80.9 Å². The summed E-state index contributed by atoms with van der Waals surface area (Å²) in [6, 6.07) is 0. The maximum Gasteiger partial charge on any atom is 0.185 e. The van der Waals surface area contributed by atoms with E-state index in [1.54, 1.807) is 0 Å². The zero-order chi connectivity index (χ0) is 10.1. The minimum absolute atomic E-state index is 0.192. The number of hydrogen-bond donors (Lipinski definition) is 2. The second kappa shape index (κ2) is 7.65. The highest BCUT2D eigenvalue weighted by Crippen LogP contribution is 2.00. The minimum Gasteiger partial charge on any atom is -0.370 e. The van der Waals surface area contributed by atoms with Gasteiger partial charge in [0.2, 0.25) is 0 Å². The Hall–Kier alpha value is -0.990. The lowest BCUT2D eigenvalue weighted by atomic mass is 10.1. The number of guanidine groups is 1. The van der Waals surface area contributed by atoms with E-state index >= 15 is 0 Å². The van der Waals surface area contributed by atoms with Gasteiger partial charge in [-0.05, 0) is 25.2 Å². The van der Waals surface area contributed by atoms with Crippen LogP contribution in [0.4, 0.5) is 0 Å². The molecule has 0 bridgehead atoms. The van der Waals surface area contributed by atoms with Crippen molar-refractivity contribution in [3.8, 4) is 0 Å². The van der Waals surface area contributed by atoms with Gasteiger partial charge in [-0.1, -0.05) is 26.0 Å². The van der Waals surface area contributed by atoms with Gasteiger partial charge in [0.25, 0.3) is 0 Å². The molecule has 0 aliphatic carbocycles. The van der Waals surface area contributed by atoms with Crippen LogP contribution in [-0.2, 0) is 0 Å². The Morgan fingerprint density at radius 2 is 2.00 bits per heavy atom. The molecule has 4 N–H and O–H groups in total. The SMILES string of the molecule is CC(C)/C=C/CCCCN=C(N)N. The van der Waals surface area contributed by atoms with Gasteiger partial charge in [-0.2, -0.15) is 0 Å². The summed E-state index contributed by atoms with van der Waals surface area (Å²) in [7, 11) is 0. The van der Waals surface area contributed by atoms with Gasteiger partial charge in [-0.15, -0.1) is 0 Å². The molecule has 0 aliphatic rings. The summed E-state index contributed by atoms with van der Waals surface area (Å²) in [5.74, 6) is 0.843. The number of hydrogen-bond acceptors (Lipinski definition) is 1. The van der Waals surface area contributed by atoms with Crippen LogP contribution in [0, 0.1) is 5.92 Å². The Morgan fingerprint density at radius 1 is 1.31 bits per heavy atom. The quantitative estimate of drug-likeness (QED) is 0.284. The monoisotopic (exact) mass is 183 g/mol. The number of allylic oxidation sites excluding steroid dienone is 2. The molecule has 13 heavy (non-hydrogen) atoms. The first-order valence-electron chi connectivity index (χ1n) is 4.85. The van der Waals surface area contributed by atoms with Crippen molar-refractivity contribution in [2.75, 3.05) is 6.54 Å². The van der Waals surface area contributed by atoms with Crippen LogP contribution in [0.2, 0.25) is 0 Å². The average Bonchev–Trinajstić information content (AvgIpc) is 2.01. The second-order valence-corrected chi connectivity index (χ2v) is 3.47. The zero-order valence-corrected chi connectivity index (χ0v) is 8.66. The van der Waals surface area contributed by atoms with Crippen molar-refractivity contribution < 1.29 is 0 Å². The molecule has 0 saturated carbocycles. The van der Waals surface area contributed by atoms with E-state index in [0.29, 0.717) is 5.92 Å². The Balaban J connectivity index is 3.22. The van der Waals surface area contributed by atoms with E-state index in [2.05, 4.69) is 31.0 Å². The van der Waals surface area contributed by atoms with Crippen LogP contribution in [0.15, 0.2) is 17.1 Å². The van der Waals surface area contributed by atoms with E-state index in [0.717, 1.165) is 25.8 Å². The fourth-order valence-corrected chi connectivity index (χ4v) is 0.951. The van der Waals surface area contributed by atoms with Crippen LogP contribution >= 0.6 is 0 Å². The van der Waals surface area contributed by atoms with Crippen molar-refractivity contribution in [1.29, 1.82) is 0 Å². The zero-order valence-electron chi connectivity index (χ0n) is 8.66. The van der Waals surface area contributed by atoms with Gasteiger partial charge in [0.05, 0.1) is 0 Å². The van der Waals surface area contributed by atoms with Crippen LogP contribution < -0.4 is 11.5 Å². The van der Waals surface area contributed by atoms with Crippen LogP contribution in [0.3, 0.4) is 0 Å². The van der Waals surface area contributed by atoms with Crippen molar-refractivity contribution in [3.05, 3.63) is 12.2 Å². The molecule has 0 rings (SSSR count). The van der Waals surface area contributed by atoms with E-state index < -0.39 is 0 Å². The molecule has 0 unspecified atom stereocenters. The molecule has 0 heterocycles. The molecule has 0 amide bonds. The van der Waals surface area contributed by atoms with Crippen LogP contribution in [0.5, 0.6) is 0 Å². The fourth-order valence-electron chi connectivity index (χ4n) is 0.951. The molecular weight excluding hydrogens is 162 g/mol. The largest absolute Gasteiger partial charge is 0.370 e. The lowest BCUT2D eigenvalue weighted by Crippen LogP contribution is -2.22. The number of aliphatic imine (C=N–C) groups is 1. The predicted octanol–water partition coefficient (Wildman–Crippen LogP) is 1.64. The highest BCUT2D eigenvalue weighted by atomic mass is 15.0. The first kappa shape index (κ1) is 12.0. The van der Waals surface area contributed by atoms with E-state index in [1.165, 1.54) is 0 Å². The van der Waals surface area contributed by atoms with Crippen LogP contribution in [0.25, 0.3) is 0 Å². The lowest BCUT2D eigenvalue weighted by Gasteiger charge is -1.95. The van der Waals surface area contributed by atoms with Crippen molar-refractivity contribution in [2.45, 2.75) is 33.1 Å². The minimum atomic E-state index is 0.192. The molecule has 0 saturated heterocycles. The van der Waals surface area contributed by atoms with Crippen LogP contribution in [0.1, 0.15) is 33.1 Å². The maximum atomic E-state index is 5.19. The van der Waals surface area contributed by atoms with Gasteiger partial charge in [-0.25, -0.2) is 0 Å². The highest BCUT2D eigenvalue weighted by Gasteiger charge is 1.86. The van der Waals surface area contributed by atoms with Crippen LogP contribution in [-0.4, -0.2) is 12.5 Å². The molecule has 76 valence electrons. The molecule has 0 aromatic heterocycles. The number of nitrogens with two attached hydrogens (primary N) is 2. The van der Waals surface area contributed by atoms with Gasteiger partial charge in [0.1, 0.15) is 0 Å². The summed E-state index contributed by atoms with van der Waals surface area (Å²) >= 11 is 0. The Bertz CT molecular complexity index is 167. The summed E-state index contributed by atoms with van der Waals surface area (Å²) in [6.07, 6.45) is 7.78. The lowest BCUT2D eigenvalue weighted by molar-refractivity contribution is 0.749. The number of unbranched alkanes of at least 4 members (excludes halogenated alkanes) is 2. The summed E-state index contributed by atoms with van der Waals surface area (Å²) < 4.78 is 0. The van der Waals surface area contributed by atoms with Gasteiger partial charge < -0.3 is 11.5 Å². The molecule has 0 atom stereocenters. The van der Waals surface area contributed by atoms with Gasteiger partial charge >= 0.3 is 0 Å². The molecule has 0 aromatic rings. The summed E-state index contributed by atoms with van der Waals surface area (Å²) in [6.45, 7) is 5.10. The average molecular weight is 183 g/mol. The van der Waals surface area contributed by atoms with Gasteiger partial charge in [-0.3, -0.25) is 4.99 Å². The normalized spacial score (nSPS) is 11.0. The predicted molar refractivity (Wildman–Crippen MR) is 58.5 cm³/mol. The summed E-state index contributed by atoms with van der Waals surface area (Å²) in [4.78, 5) is 3.91. The topological polar surface area (TPSA) is 64.4 Å². The number of rotatable bonds is 6. The van der Waals surface area contributed by atoms with Gasteiger partial charge in [0.15, 0.2) is 5.96 Å². The third-order valence-electron chi connectivity index (χ3n) is 1.59. The van der Waals surface area contributed by atoms with Crippen molar-refractivity contribution >= 4 is 5.96 Å². The van der Waals surface area contributed by atoms with E-state index in [1.807, 2.05) is 0 Å². The Morgan fingerprint density at radius 3 is 2.54 bits per heavy atom. The Kier molecular flexibility index (Phi) is 7.07. The number of nitrogens with zero attached hydrogens (tertiary/aromatic N) is 1. The van der Waals surface area contributed by atoms with E-state index in [9.17, 15) is 0 Å². The standard InChI is InChI=1S/C10H21N3/c1-9(2)7-5-3-4-6-8-13-10(11)12/h5,7,9H,3-4,6,8H2,1-2H3,(H4,11,12,13)/b7-5+. The third kappa shape index (κ3) is 11.0. The van der Waals surface area contributed by atoms with Crippen molar-refractivity contribution in [1.82, 2.24) is 0 Å². The first-order valence-corrected chi connectivity index (χ1v) is 4.85. The summed E-state index contributed by atoms with van der Waals surface area (Å²) in [5, 5.41) is 0. The van der Waals surface area contributed by atoms with Crippen molar-refractivity contribution in [3.63, 3.8) is 0 Å². The summed E-state index contributed by atoms with van der Waals surface area (Å²) in [5.41, 5.74) is 10.4. The molecular formula is C10H21N3. The molecule has 0 aromatic carbocycles. The maximum absolute atomic E-state index is 5.19. The van der Waals surface area contributed by atoms with Crippen molar-refractivity contribution in [2.24, 2.45) is 22.4 Å². The first-order chi connectivity index (χ1) is 6.13. The molecule has 0 radical (unpaired) electrons. The molecule has 0 aliphatic heterocycles. The molecule has 0 spiro atoms. The molecule has 3 heteroatoms. The fraction of sp³-hybridized carbons (Fsp3) is 0.700. The smallest absolute Gasteiger partial charge is 0.185 e. The second-order valence-electron chi connectivity index (χ2n) is 3.47. The highest BCUT2D eigenvalue weighted by molar-refractivity contribution is 5.75.